The molecule has 0 aliphatic heterocycles. The molecule has 2 rings (SSSR count). The molecule has 0 amide bonds. The first kappa shape index (κ1) is 10.5. The molecule has 1 aromatic carbocycles. The number of aryl methyl sites for hydroxylation is 1. The van der Waals surface area contributed by atoms with Crippen LogP contribution in [0.4, 0.5) is 5.69 Å². The van der Waals surface area contributed by atoms with E-state index in [1.54, 1.807) is 6.20 Å². The van der Waals surface area contributed by atoms with Gasteiger partial charge in [-0.25, -0.2) is 0 Å². The molecule has 16 heavy (non-hydrogen) atoms. The van der Waals surface area contributed by atoms with Gasteiger partial charge >= 0.3 is 0 Å². The molecule has 0 saturated carbocycles. The minimum absolute atomic E-state index is 0.478. The van der Waals surface area contributed by atoms with Crippen LogP contribution in [-0.4, -0.2) is 4.98 Å². The number of nitrogen functional groups attached to an aromatic ring is 1. The van der Waals surface area contributed by atoms with Crippen molar-refractivity contribution in [2.75, 3.05) is 5.73 Å². The van der Waals surface area contributed by atoms with Gasteiger partial charge in [-0.1, -0.05) is 6.07 Å². The Morgan fingerprint density at radius 2 is 2.12 bits per heavy atom. The lowest BCUT2D eigenvalue weighted by molar-refractivity contribution is 0.299. The summed E-state index contributed by atoms with van der Waals surface area (Å²) in [6.07, 6.45) is 1.76. The Kier molecular flexibility index (Phi) is 3.05. The normalized spacial score (nSPS) is 10.1. The first-order valence-corrected chi connectivity index (χ1v) is 5.14. The zero-order chi connectivity index (χ0) is 11.4. The Morgan fingerprint density at radius 1 is 1.25 bits per heavy atom. The third-order valence-corrected chi connectivity index (χ3v) is 2.30. The van der Waals surface area contributed by atoms with Crippen molar-refractivity contribution in [1.29, 1.82) is 0 Å². The van der Waals surface area contributed by atoms with Crippen LogP contribution < -0.4 is 10.5 Å². The molecular formula is C13H14N2O. The van der Waals surface area contributed by atoms with Crippen molar-refractivity contribution < 1.29 is 4.74 Å². The summed E-state index contributed by atoms with van der Waals surface area (Å²) < 4.78 is 5.66. The molecule has 3 heteroatoms. The number of benzene rings is 1. The second-order valence-corrected chi connectivity index (χ2v) is 3.63. The Labute approximate surface area is 94.9 Å². The van der Waals surface area contributed by atoms with Gasteiger partial charge in [0, 0.05) is 11.9 Å². The standard InChI is InChI=1S/C13H14N2O/c1-10-8-11(14)5-6-13(10)16-9-12-4-2-3-7-15-12/h2-8H,9,14H2,1H3. The number of anilines is 1. The van der Waals surface area contributed by atoms with Crippen LogP contribution in [0.15, 0.2) is 42.6 Å². The van der Waals surface area contributed by atoms with Crippen molar-refractivity contribution in [3.05, 3.63) is 53.9 Å². The molecule has 2 aromatic rings. The van der Waals surface area contributed by atoms with Gasteiger partial charge < -0.3 is 10.5 Å². The molecule has 3 nitrogen and oxygen atoms in total. The van der Waals surface area contributed by atoms with E-state index < -0.39 is 0 Å². The molecule has 1 aromatic heterocycles. The average molecular weight is 214 g/mol. The smallest absolute Gasteiger partial charge is 0.130 e. The lowest BCUT2D eigenvalue weighted by atomic mass is 10.2. The highest BCUT2D eigenvalue weighted by Crippen LogP contribution is 2.20. The number of rotatable bonds is 3. The van der Waals surface area contributed by atoms with Crippen molar-refractivity contribution in [2.45, 2.75) is 13.5 Å². The summed E-state index contributed by atoms with van der Waals surface area (Å²) in [4.78, 5) is 4.19. The summed E-state index contributed by atoms with van der Waals surface area (Å²) in [7, 11) is 0. The lowest BCUT2D eigenvalue weighted by Crippen LogP contribution is -1.99. The van der Waals surface area contributed by atoms with E-state index in [1.165, 1.54) is 0 Å². The predicted molar refractivity (Wildman–Crippen MR) is 64.2 cm³/mol. The predicted octanol–water partition coefficient (Wildman–Crippen LogP) is 2.55. The van der Waals surface area contributed by atoms with Crippen molar-refractivity contribution >= 4 is 5.69 Å². The summed E-state index contributed by atoms with van der Waals surface area (Å²) >= 11 is 0. The molecular weight excluding hydrogens is 200 g/mol. The molecule has 0 bridgehead atoms. The number of aromatic nitrogens is 1. The fourth-order valence-corrected chi connectivity index (χ4v) is 1.47. The topological polar surface area (TPSA) is 48.1 Å². The summed E-state index contributed by atoms with van der Waals surface area (Å²) in [5.41, 5.74) is 8.37. The molecule has 0 radical (unpaired) electrons. The van der Waals surface area contributed by atoms with Gasteiger partial charge in [-0.05, 0) is 42.8 Å². The number of nitrogens with two attached hydrogens (primary N) is 1. The quantitative estimate of drug-likeness (QED) is 0.799. The second kappa shape index (κ2) is 4.66. The maximum Gasteiger partial charge on any atom is 0.130 e. The Bertz CT molecular complexity index is 469. The van der Waals surface area contributed by atoms with E-state index in [0.29, 0.717) is 6.61 Å². The molecule has 0 atom stereocenters. The van der Waals surface area contributed by atoms with Crippen LogP contribution >= 0.6 is 0 Å². The van der Waals surface area contributed by atoms with Gasteiger partial charge in [0.2, 0.25) is 0 Å². The van der Waals surface area contributed by atoms with E-state index in [0.717, 1.165) is 22.7 Å². The van der Waals surface area contributed by atoms with Gasteiger partial charge in [-0.15, -0.1) is 0 Å². The molecule has 0 saturated heterocycles. The first-order chi connectivity index (χ1) is 7.75. The Balaban J connectivity index is 2.05. The van der Waals surface area contributed by atoms with E-state index in [9.17, 15) is 0 Å². The number of hydrogen-bond donors (Lipinski definition) is 1. The minimum Gasteiger partial charge on any atom is -0.487 e. The highest BCUT2D eigenvalue weighted by atomic mass is 16.5. The molecule has 82 valence electrons. The largest absolute Gasteiger partial charge is 0.487 e. The molecule has 1 heterocycles. The van der Waals surface area contributed by atoms with Crippen LogP contribution in [0.5, 0.6) is 5.75 Å². The van der Waals surface area contributed by atoms with Crippen LogP contribution in [0.25, 0.3) is 0 Å². The number of pyridine rings is 1. The zero-order valence-electron chi connectivity index (χ0n) is 9.18. The number of ether oxygens (including phenoxy) is 1. The van der Waals surface area contributed by atoms with Crippen LogP contribution in [0.3, 0.4) is 0 Å². The van der Waals surface area contributed by atoms with E-state index in [-0.39, 0.29) is 0 Å². The minimum atomic E-state index is 0.478. The van der Waals surface area contributed by atoms with Crippen molar-refractivity contribution in [1.82, 2.24) is 4.98 Å². The highest BCUT2D eigenvalue weighted by molar-refractivity contribution is 5.47. The molecule has 2 N–H and O–H groups in total. The fourth-order valence-electron chi connectivity index (χ4n) is 1.47. The number of nitrogens with zero attached hydrogens (tertiary/aromatic N) is 1. The highest BCUT2D eigenvalue weighted by Gasteiger charge is 2.00. The molecule has 0 aliphatic carbocycles. The van der Waals surface area contributed by atoms with Crippen molar-refractivity contribution in [3.63, 3.8) is 0 Å². The van der Waals surface area contributed by atoms with Gasteiger partial charge in [0.15, 0.2) is 0 Å². The third kappa shape index (κ3) is 2.51. The van der Waals surface area contributed by atoms with Gasteiger partial charge in [-0.3, -0.25) is 4.98 Å². The summed E-state index contributed by atoms with van der Waals surface area (Å²) in [6.45, 7) is 2.45. The van der Waals surface area contributed by atoms with E-state index in [4.69, 9.17) is 10.5 Å². The summed E-state index contributed by atoms with van der Waals surface area (Å²) in [6, 6.07) is 11.4. The third-order valence-electron chi connectivity index (χ3n) is 2.30. The fraction of sp³-hybridized carbons (Fsp3) is 0.154. The SMILES string of the molecule is Cc1cc(N)ccc1OCc1ccccn1. The second-order valence-electron chi connectivity index (χ2n) is 3.63. The van der Waals surface area contributed by atoms with Crippen LogP contribution in [-0.2, 0) is 6.61 Å². The molecule has 0 aliphatic rings. The summed E-state index contributed by atoms with van der Waals surface area (Å²) in [5, 5.41) is 0. The van der Waals surface area contributed by atoms with Crippen LogP contribution in [0.1, 0.15) is 11.3 Å². The Morgan fingerprint density at radius 3 is 2.81 bits per heavy atom. The molecule has 0 spiro atoms. The molecule has 0 fully saturated rings. The average Bonchev–Trinajstić information content (AvgIpc) is 2.29. The Hall–Kier alpha value is -2.03. The van der Waals surface area contributed by atoms with E-state index >= 15 is 0 Å². The van der Waals surface area contributed by atoms with Crippen molar-refractivity contribution in [3.8, 4) is 5.75 Å². The lowest BCUT2D eigenvalue weighted by Gasteiger charge is -2.08. The van der Waals surface area contributed by atoms with E-state index in [2.05, 4.69) is 4.98 Å². The van der Waals surface area contributed by atoms with Crippen LogP contribution in [0.2, 0.25) is 0 Å². The van der Waals surface area contributed by atoms with Crippen molar-refractivity contribution in [2.24, 2.45) is 0 Å². The maximum absolute atomic E-state index is 5.67. The molecule has 0 unspecified atom stereocenters. The van der Waals surface area contributed by atoms with Gasteiger partial charge in [0.05, 0.1) is 5.69 Å². The van der Waals surface area contributed by atoms with E-state index in [1.807, 2.05) is 43.3 Å². The van der Waals surface area contributed by atoms with Gasteiger partial charge in [-0.2, -0.15) is 0 Å². The van der Waals surface area contributed by atoms with Crippen LogP contribution in [0, 0.1) is 6.92 Å². The number of hydrogen-bond acceptors (Lipinski definition) is 3. The first-order valence-electron chi connectivity index (χ1n) is 5.14. The zero-order valence-corrected chi connectivity index (χ0v) is 9.18. The van der Waals surface area contributed by atoms with Gasteiger partial charge in [0.1, 0.15) is 12.4 Å². The monoisotopic (exact) mass is 214 g/mol. The van der Waals surface area contributed by atoms with Gasteiger partial charge in [0.25, 0.3) is 0 Å². The summed E-state index contributed by atoms with van der Waals surface area (Å²) in [5.74, 6) is 0.847. The maximum atomic E-state index is 5.67.